The molecule has 5 nitrogen and oxygen atoms in total. The Labute approximate surface area is 159 Å². The van der Waals surface area contributed by atoms with E-state index in [1.54, 1.807) is 18.2 Å². The Kier molecular flexibility index (Phi) is 7.07. The second-order valence-electron chi connectivity index (χ2n) is 6.16. The van der Waals surface area contributed by atoms with Gasteiger partial charge in [0.15, 0.2) is 21.4 Å². The van der Waals surface area contributed by atoms with Gasteiger partial charge in [0, 0.05) is 18.2 Å². The van der Waals surface area contributed by atoms with E-state index in [4.69, 9.17) is 4.74 Å². The van der Waals surface area contributed by atoms with Crippen LogP contribution in [0.4, 0.5) is 0 Å². The lowest BCUT2D eigenvalue weighted by Crippen LogP contribution is -2.30. The summed E-state index contributed by atoms with van der Waals surface area (Å²) in [5.74, 6) is -0.168. The van der Waals surface area contributed by atoms with Crippen LogP contribution in [-0.4, -0.2) is 38.6 Å². The Morgan fingerprint density at radius 3 is 2.22 bits per heavy atom. The fourth-order valence-electron chi connectivity index (χ4n) is 2.59. The fourth-order valence-corrected chi connectivity index (χ4v) is 3.66. The number of carbonyl (C=O) groups is 2. The smallest absolute Gasteiger partial charge is 0.180 e. The summed E-state index contributed by atoms with van der Waals surface area (Å²) in [4.78, 5) is 24.7. The third kappa shape index (κ3) is 6.18. The molecule has 0 aliphatic heterocycles. The molecule has 0 heterocycles. The average molecular weight is 386 g/mol. The lowest BCUT2D eigenvalue weighted by molar-refractivity contribution is -0.114. The van der Waals surface area contributed by atoms with Crippen molar-refractivity contribution in [3.8, 4) is 5.75 Å². The van der Waals surface area contributed by atoms with Crippen molar-refractivity contribution in [3.05, 3.63) is 71.8 Å². The van der Waals surface area contributed by atoms with E-state index in [1.807, 2.05) is 30.3 Å². The van der Waals surface area contributed by atoms with Crippen LogP contribution in [-0.2, 0) is 14.6 Å². The van der Waals surface area contributed by atoms with Crippen LogP contribution in [0, 0.1) is 0 Å². The van der Waals surface area contributed by atoms with Crippen molar-refractivity contribution in [3.63, 3.8) is 0 Å². The van der Waals surface area contributed by atoms with E-state index in [-0.39, 0.29) is 24.2 Å². The molecule has 0 saturated carbocycles. The molecule has 0 aliphatic carbocycles. The number of rotatable bonds is 9. The van der Waals surface area contributed by atoms with E-state index in [0.717, 1.165) is 11.8 Å². The highest BCUT2D eigenvalue weighted by Crippen LogP contribution is 2.18. The number of ketones is 2. The molecule has 0 radical (unpaired) electrons. The summed E-state index contributed by atoms with van der Waals surface area (Å²) in [6.07, 6.45) is 4.02. The number of Topliss-reactive ketones (excluding diaryl/α,β-unsaturated/α-hetero) is 1. The van der Waals surface area contributed by atoms with Crippen molar-refractivity contribution in [1.82, 2.24) is 0 Å². The molecule has 0 aliphatic rings. The lowest BCUT2D eigenvalue weighted by atomic mass is 10.0. The summed E-state index contributed by atoms with van der Waals surface area (Å²) in [7, 11) is -2.14. The van der Waals surface area contributed by atoms with Gasteiger partial charge in [0.05, 0.1) is 7.11 Å². The molecule has 0 fully saturated rings. The molecule has 2 aromatic carbocycles. The molecule has 27 heavy (non-hydrogen) atoms. The van der Waals surface area contributed by atoms with Crippen molar-refractivity contribution in [1.29, 1.82) is 0 Å². The number of hydrogen-bond donors (Lipinski definition) is 0. The van der Waals surface area contributed by atoms with Gasteiger partial charge in [0.25, 0.3) is 0 Å². The highest BCUT2D eigenvalue weighted by molar-refractivity contribution is 7.92. The van der Waals surface area contributed by atoms with Gasteiger partial charge in [-0.05, 0) is 42.3 Å². The van der Waals surface area contributed by atoms with Gasteiger partial charge < -0.3 is 4.74 Å². The molecule has 2 aromatic rings. The zero-order valence-electron chi connectivity index (χ0n) is 15.3. The Hall–Kier alpha value is -2.73. The number of sulfone groups is 1. The molecule has 1 atom stereocenters. The minimum atomic E-state index is -3.65. The molecule has 0 bridgehead atoms. The molecular weight excluding hydrogens is 364 g/mol. The number of benzene rings is 2. The first-order valence-corrected chi connectivity index (χ1v) is 10.4. The second-order valence-corrected chi connectivity index (χ2v) is 8.39. The first-order chi connectivity index (χ1) is 12.8. The molecule has 0 spiro atoms. The molecule has 0 N–H and O–H groups in total. The monoisotopic (exact) mass is 386 g/mol. The lowest BCUT2D eigenvalue weighted by Gasteiger charge is -2.13. The highest BCUT2D eigenvalue weighted by atomic mass is 32.2. The van der Waals surface area contributed by atoms with Crippen LogP contribution in [0.15, 0.2) is 60.7 Å². The summed E-state index contributed by atoms with van der Waals surface area (Å²) >= 11 is 0. The van der Waals surface area contributed by atoms with Gasteiger partial charge in [-0.1, -0.05) is 36.4 Å². The predicted molar refractivity (Wildman–Crippen MR) is 106 cm³/mol. The quantitative estimate of drug-likeness (QED) is 0.488. The number of methoxy groups -OCH3 is 1. The van der Waals surface area contributed by atoms with Gasteiger partial charge in [-0.2, -0.15) is 0 Å². The second kappa shape index (κ2) is 9.28. The van der Waals surface area contributed by atoms with E-state index in [1.165, 1.54) is 25.3 Å². The van der Waals surface area contributed by atoms with Crippen molar-refractivity contribution >= 4 is 27.5 Å². The van der Waals surface area contributed by atoms with E-state index in [0.29, 0.717) is 5.75 Å². The molecule has 0 aromatic heterocycles. The first-order valence-electron chi connectivity index (χ1n) is 8.44. The third-order valence-electron chi connectivity index (χ3n) is 4.10. The normalized spacial score (nSPS) is 12.7. The van der Waals surface area contributed by atoms with Gasteiger partial charge in [-0.3, -0.25) is 9.59 Å². The molecule has 0 saturated heterocycles. The van der Waals surface area contributed by atoms with E-state index < -0.39 is 20.9 Å². The standard InChI is InChI=1S/C21H22O5S/c1-26-19-13-9-17(10-14-19)21(23)20(27(2,24)25)15-12-18(22)11-8-16-6-4-3-5-7-16/h3-11,13-14,20H,12,15H2,1-2H3/b11-8+. The maximum Gasteiger partial charge on any atom is 0.180 e. The maximum absolute atomic E-state index is 12.6. The van der Waals surface area contributed by atoms with Gasteiger partial charge in [-0.15, -0.1) is 0 Å². The number of hydrogen-bond acceptors (Lipinski definition) is 5. The highest BCUT2D eigenvalue weighted by Gasteiger charge is 2.29. The number of allylic oxidation sites excluding steroid dienone is 1. The Morgan fingerprint density at radius 2 is 1.67 bits per heavy atom. The average Bonchev–Trinajstić information content (AvgIpc) is 2.66. The minimum Gasteiger partial charge on any atom is -0.497 e. The summed E-state index contributed by atoms with van der Waals surface area (Å²) < 4.78 is 29.2. The van der Waals surface area contributed by atoms with Crippen LogP contribution in [0.5, 0.6) is 5.75 Å². The van der Waals surface area contributed by atoms with Gasteiger partial charge in [-0.25, -0.2) is 8.42 Å². The molecular formula is C21H22O5S. The molecule has 6 heteroatoms. The molecule has 0 amide bonds. The van der Waals surface area contributed by atoms with Crippen molar-refractivity contribution in [2.75, 3.05) is 13.4 Å². The van der Waals surface area contributed by atoms with Crippen LogP contribution < -0.4 is 4.74 Å². The van der Waals surface area contributed by atoms with Crippen LogP contribution in [0.25, 0.3) is 6.08 Å². The molecule has 2 rings (SSSR count). The number of carbonyl (C=O) groups excluding carboxylic acids is 2. The summed E-state index contributed by atoms with van der Waals surface area (Å²) in [6, 6.07) is 15.6. The van der Waals surface area contributed by atoms with Gasteiger partial charge >= 0.3 is 0 Å². The summed E-state index contributed by atoms with van der Waals surface area (Å²) in [5, 5.41) is -1.25. The van der Waals surface area contributed by atoms with Crippen molar-refractivity contribution in [2.45, 2.75) is 18.1 Å². The summed E-state index contributed by atoms with van der Waals surface area (Å²) in [6.45, 7) is 0. The van der Waals surface area contributed by atoms with Gasteiger partial charge in [0.2, 0.25) is 0 Å². The first kappa shape index (κ1) is 20.6. The molecule has 1 unspecified atom stereocenters. The van der Waals surface area contributed by atoms with E-state index in [2.05, 4.69) is 0 Å². The zero-order valence-corrected chi connectivity index (χ0v) is 16.1. The predicted octanol–water partition coefficient (Wildman–Crippen LogP) is 3.35. The largest absolute Gasteiger partial charge is 0.497 e. The topological polar surface area (TPSA) is 77.5 Å². The third-order valence-corrected chi connectivity index (χ3v) is 5.58. The van der Waals surface area contributed by atoms with E-state index in [9.17, 15) is 18.0 Å². The van der Waals surface area contributed by atoms with Crippen molar-refractivity contribution in [2.24, 2.45) is 0 Å². The number of ether oxygens (including phenoxy) is 1. The van der Waals surface area contributed by atoms with Crippen LogP contribution in [0.1, 0.15) is 28.8 Å². The molecule has 142 valence electrons. The van der Waals surface area contributed by atoms with Gasteiger partial charge in [0.1, 0.15) is 11.0 Å². The Morgan fingerprint density at radius 1 is 1.04 bits per heavy atom. The minimum absolute atomic E-state index is 0.0248. The Bertz CT molecular complexity index is 913. The maximum atomic E-state index is 12.6. The van der Waals surface area contributed by atoms with Crippen molar-refractivity contribution < 1.29 is 22.7 Å². The van der Waals surface area contributed by atoms with E-state index >= 15 is 0 Å². The Balaban J connectivity index is 2.07. The summed E-state index contributed by atoms with van der Waals surface area (Å²) in [5.41, 5.74) is 1.15. The zero-order chi connectivity index (χ0) is 19.9. The van der Waals surface area contributed by atoms with Crippen LogP contribution >= 0.6 is 0 Å². The van der Waals surface area contributed by atoms with Crippen LogP contribution in [0.2, 0.25) is 0 Å². The van der Waals surface area contributed by atoms with Crippen LogP contribution in [0.3, 0.4) is 0 Å². The fraction of sp³-hybridized carbons (Fsp3) is 0.238. The SMILES string of the molecule is COc1ccc(C(=O)C(CCC(=O)/C=C/c2ccccc2)S(C)(=O)=O)cc1.